The molecule has 2 heterocycles. The molecule has 0 unspecified atom stereocenters. The van der Waals surface area contributed by atoms with Crippen LogP contribution in [0.5, 0.6) is 0 Å². The van der Waals surface area contributed by atoms with E-state index in [1.54, 1.807) is 0 Å². The van der Waals surface area contributed by atoms with Crippen LogP contribution in [0, 0.1) is 0 Å². The molecule has 0 N–H and O–H groups in total. The Morgan fingerprint density at radius 3 is 1.61 bits per heavy atom. The molecule has 0 radical (unpaired) electrons. The first-order valence-electron chi connectivity index (χ1n) is 19.3. The highest BCUT2D eigenvalue weighted by molar-refractivity contribution is 6.11. The Balaban J connectivity index is 1.06. The van der Waals surface area contributed by atoms with Gasteiger partial charge < -0.3 is 4.57 Å². The van der Waals surface area contributed by atoms with Crippen LogP contribution in [-0.4, -0.2) is 19.5 Å². The molecule has 0 saturated carbocycles. The van der Waals surface area contributed by atoms with E-state index in [1.807, 2.05) is 24.3 Å². The van der Waals surface area contributed by atoms with Gasteiger partial charge in [0.05, 0.1) is 11.0 Å². The second-order valence-corrected chi connectivity index (χ2v) is 14.5. The molecule has 4 heteroatoms. The van der Waals surface area contributed by atoms with E-state index >= 15 is 0 Å². The van der Waals surface area contributed by atoms with Gasteiger partial charge in [0.2, 0.25) is 0 Å². The van der Waals surface area contributed by atoms with E-state index in [1.165, 1.54) is 49.2 Å². The largest absolute Gasteiger partial charge is 0.309 e. The summed E-state index contributed by atoms with van der Waals surface area (Å²) in [5, 5.41) is 7.19. The summed E-state index contributed by atoms with van der Waals surface area (Å²) in [7, 11) is 0. The van der Waals surface area contributed by atoms with Gasteiger partial charge in [-0.05, 0) is 80.2 Å². The summed E-state index contributed by atoms with van der Waals surface area (Å²) >= 11 is 0. The molecule has 0 saturated heterocycles. The number of nitrogens with zero attached hydrogens (tertiary/aromatic N) is 4. The average molecular weight is 727 g/mol. The van der Waals surface area contributed by atoms with Gasteiger partial charge in [-0.15, -0.1) is 0 Å². The molecule has 0 atom stereocenters. The third-order valence-corrected chi connectivity index (χ3v) is 11.0. The van der Waals surface area contributed by atoms with Crippen LogP contribution in [0.1, 0.15) is 0 Å². The van der Waals surface area contributed by atoms with Crippen molar-refractivity contribution < 1.29 is 0 Å². The molecule has 0 fully saturated rings. The Hall–Kier alpha value is -7.69. The second-order valence-electron chi connectivity index (χ2n) is 14.5. The Morgan fingerprint density at radius 1 is 0.281 bits per heavy atom. The SMILES string of the molecule is c1ccc(-c2ccc3cc(-c4nc(-c5ccccc5)nc(-c5cccc(-n6c7ccccc7c7ccc(-c8cccc9ccccc89)cc76)c5)n4)ccc3c2)cc1. The first kappa shape index (κ1) is 32.7. The molecule has 57 heavy (non-hydrogen) atoms. The lowest BCUT2D eigenvalue weighted by atomic mass is 9.97. The van der Waals surface area contributed by atoms with Crippen molar-refractivity contribution in [3.8, 4) is 62.1 Å². The molecule has 11 aromatic rings. The fourth-order valence-electron chi connectivity index (χ4n) is 8.22. The summed E-state index contributed by atoms with van der Waals surface area (Å²) in [6, 6.07) is 73.0. The number of benzene rings is 9. The van der Waals surface area contributed by atoms with E-state index in [9.17, 15) is 0 Å². The number of rotatable bonds is 6. The summed E-state index contributed by atoms with van der Waals surface area (Å²) in [6.07, 6.45) is 0. The predicted octanol–water partition coefficient (Wildman–Crippen LogP) is 13.6. The monoisotopic (exact) mass is 726 g/mol. The molecular weight excluding hydrogens is 693 g/mol. The van der Waals surface area contributed by atoms with Crippen LogP contribution in [0.15, 0.2) is 206 Å². The van der Waals surface area contributed by atoms with Crippen molar-refractivity contribution in [3.05, 3.63) is 206 Å². The van der Waals surface area contributed by atoms with Crippen molar-refractivity contribution in [1.29, 1.82) is 0 Å². The van der Waals surface area contributed by atoms with Crippen LogP contribution in [0.25, 0.3) is 105 Å². The van der Waals surface area contributed by atoms with E-state index in [0.29, 0.717) is 17.5 Å². The van der Waals surface area contributed by atoms with Gasteiger partial charge in [0, 0.05) is 33.2 Å². The second kappa shape index (κ2) is 13.6. The lowest BCUT2D eigenvalue weighted by Crippen LogP contribution is -2.01. The maximum atomic E-state index is 5.17. The van der Waals surface area contributed by atoms with Gasteiger partial charge in [-0.1, -0.05) is 170 Å². The molecule has 0 amide bonds. The van der Waals surface area contributed by atoms with E-state index in [4.69, 9.17) is 15.0 Å². The molecule has 11 rings (SSSR count). The van der Waals surface area contributed by atoms with Crippen molar-refractivity contribution >= 4 is 43.4 Å². The zero-order valence-corrected chi connectivity index (χ0v) is 30.9. The minimum atomic E-state index is 0.623. The number of hydrogen-bond donors (Lipinski definition) is 0. The Morgan fingerprint density at radius 2 is 0.825 bits per heavy atom. The number of hydrogen-bond acceptors (Lipinski definition) is 3. The van der Waals surface area contributed by atoms with Crippen LogP contribution in [0.4, 0.5) is 0 Å². The van der Waals surface area contributed by atoms with Gasteiger partial charge in [-0.25, -0.2) is 15.0 Å². The molecule has 2 aromatic heterocycles. The van der Waals surface area contributed by atoms with Gasteiger partial charge in [0.25, 0.3) is 0 Å². The highest BCUT2D eigenvalue weighted by Gasteiger charge is 2.17. The van der Waals surface area contributed by atoms with Crippen molar-refractivity contribution in [2.45, 2.75) is 0 Å². The molecule has 0 spiro atoms. The molecule has 0 aliphatic rings. The van der Waals surface area contributed by atoms with Gasteiger partial charge >= 0.3 is 0 Å². The summed E-state index contributed by atoms with van der Waals surface area (Å²) in [4.78, 5) is 15.3. The van der Waals surface area contributed by atoms with Gasteiger partial charge in [0.15, 0.2) is 17.5 Å². The van der Waals surface area contributed by atoms with Gasteiger partial charge in [0.1, 0.15) is 0 Å². The zero-order chi connectivity index (χ0) is 37.7. The van der Waals surface area contributed by atoms with Crippen LogP contribution in [0.2, 0.25) is 0 Å². The normalized spacial score (nSPS) is 11.5. The van der Waals surface area contributed by atoms with E-state index < -0.39 is 0 Å². The van der Waals surface area contributed by atoms with E-state index in [0.717, 1.165) is 38.8 Å². The number of aromatic nitrogens is 4. The fourth-order valence-corrected chi connectivity index (χ4v) is 8.22. The summed E-state index contributed by atoms with van der Waals surface area (Å²) in [6.45, 7) is 0. The minimum Gasteiger partial charge on any atom is -0.309 e. The first-order valence-corrected chi connectivity index (χ1v) is 19.3. The standard InChI is InChI=1S/C53H34N4/c1-3-13-35(14-4-1)38-25-26-40-32-43(28-27-39(40)31-38)53-55-51(37-16-5-2-6-17-37)54-52(56-53)42-19-11-20-44(33-42)57-49-24-10-9-22-47(49)48-30-29-41(34-50(48)57)46-23-12-18-36-15-7-8-21-45(36)46/h1-34H. The highest BCUT2D eigenvalue weighted by Crippen LogP contribution is 2.38. The predicted molar refractivity (Wildman–Crippen MR) is 236 cm³/mol. The molecule has 266 valence electrons. The zero-order valence-electron chi connectivity index (χ0n) is 30.9. The van der Waals surface area contributed by atoms with Crippen LogP contribution >= 0.6 is 0 Å². The van der Waals surface area contributed by atoms with Crippen molar-refractivity contribution in [1.82, 2.24) is 19.5 Å². The maximum absolute atomic E-state index is 5.17. The summed E-state index contributed by atoms with van der Waals surface area (Å²) < 4.78 is 2.37. The molecular formula is C53H34N4. The molecule has 0 aliphatic heterocycles. The topological polar surface area (TPSA) is 43.6 Å². The minimum absolute atomic E-state index is 0.623. The molecule has 9 aromatic carbocycles. The average Bonchev–Trinajstić information content (AvgIpc) is 3.62. The van der Waals surface area contributed by atoms with Crippen LogP contribution in [0.3, 0.4) is 0 Å². The van der Waals surface area contributed by atoms with Crippen molar-refractivity contribution in [2.75, 3.05) is 0 Å². The smallest absolute Gasteiger partial charge is 0.164 e. The summed E-state index contributed by atoms with van der Waals surface area (Å²) in [5.41, 5.74) is 10.9. The Kier molecular flexibility index (Phi) is 7.78. The first-order chi connectivity index (χ1) is 28.2. The third kappa shape index (κ3) is 5.83. The summed E-state index contributed by atoms with van der Waals surface area (Å²) in [5.74, 6) is 1.89. The molecule has 0 bridgehead atoms. The molecule has 0 aliphatic carbocycles. The third-order valence-electron chi connectivity index (χ3n) is 11.0. The van der Waals surface area contributed by atoms with Crippen molar-refractivity contribution in [3.63, 3.8) is 0 Å². The highest BCUT2D eigenvalue weighted by atomic mass is 15.0. The van der Waals surface area contributed by atoms with Gasteiger partial charge in [-0.3, -0.25) is 0 Å². The Labute approximate surface area is 330 Å². The lowest BCUT2D eigenvalue weighted by molar-refractivity contribution is 1.07. The van der Waals surface area contributed by atoms with Crippen LogP contribution < -0.4 is 0 Å². The van der Waals surface area contributed by atoms with Crippen molar-refractivity contribution in [2.24, 2.45) is 0 Å². The van der Waals surface area contributed by atoms with E-state index in [-0.39, 0.29) is 0 Å². The molecule has 4 nitrogen and oxygen atoms in total. The van der Waals surface area contributed by atoms with E-state index in [2.05, 4.69) is 187 Å². The Bertz CT molecular complexity index is 3290. The van der Waals surface area contributed by atoms with Gasteiger partial charge in [-0.2, -0.15) is 0 Å². The van der Waals surface area contributed by atoms with Crippen LogP contribution in [-0.2, 0) is 0 Å². The fraction of sp³-hybridized carbons (Fsp3) is 0. The lowest BCUT2D eigenvalue weighted by Gasteiger charge is -2.13. The number of fused-ring (bicyclic) bond motifs is 5. The quantitative estimate of drug-likeness (QED) is 0.171. The number of para-hydroxylation sites is 1. The maximum Gasteiger partial charge on any atom is 0.164 e.